The molecule has 0 bridgehead atoms. The first-order valence-electron chi connectivity index (χ1n) is 8.28. The number of aromatic nitrogens is 2. The standard InChI is InChI=1S/C18H23N3O3S/c1-4-6-11-24-14-9-7-13(12-15(14)23-3)8-10-16(22)19-18-21-20-17(5-2)25-18/h7-10,12H,4-6,11H2,1-3H3,(H,19,21,22)/b10-8+. The predicted molar refractivity (Wildman–Crippen MR) is 100 cm³/mol. The minimum atomic E-state index is -0.249. The van der Waals surface area contributed by atoms with Gasteiger partial charge < -0.3 is 9.47 Å². The van der Waals surface area contributed by atoms with Gasteiger partial charge in [0.2, 0.25) is 11.0 Å². The summed E-state index contributed by atoms with van der Waals surface area (Å²) in [5.41, 5.74) is 0.848. The van der Waals surface area contributed by atoms with Crippen LogP contribution in [0.25, 0.3) is 6.08 Å². The number of carbonyl (C=O) groups excluding carboxylic acids is 1. The molecule has 1 amide bonds. The molecule has 0 unspecified atom stereocenters. The Labute approximate surface area is 151 Å². The number of nitrogens with zero attached hydrogens (tertiary/aromatic N) is 2. The van der Waals surface area contributed by atoms with E-state index in [1.807, 2.05) is 25.1 Å². The van der Waals surface area contributed by atoms with Gasteiger partial charge in [-0.1, -0.05) is 37.7 Å². The van der Waals surface area contributed by atoms with Crippen molar-refractivity contribution in [1.29, 1.82) is 0 Å². The van der Waals surface area contributed by atoms with Crippen LogP contribution in [-0.4, -0.2) is 29.8 Å². The number of ether oxygens (including phenoxy) is 2. The summed E-state index contributed by atoms with van der Waals surface area (Å²) in [5.74, 6) is 1.11. The highest BCUT2D eigenvalue weighted by atomic mass is 32.1. The molecule has 1 aromatic carbocycles. The molecule has 1 N–H and O–H groups in total. The maximum absolute atomic E-state index is 12.0. The number of aryl methyl sites for hydroxylation is 1. The molecule has 7 heteroatoms. The number of carbonyl (C=O) groups is 1. The van der Waals surface area contributed by atoms with Gasteiger partial charge in [0, 0.05) is 6.08 Å². The van der Waals surface area contributed by atoms with Crippen molar-refractivity contribution in [3.63, 3.8) is 0 Å². The average molecular weight is 361 g/mol. The summed E-state index contributed by atoms with van der Waals surface area (Å²) >= 11 is 1.38. The first kappa shape index (κ1) is 18.9. The molecular formula is C18H23N3O3S. The van der Waals surface area contributed by atoms with Crippen LogP contribution < -0.4 is 14.8 Å². The summed E-state index contributed by atoms with van der Waals surface area (Å²) in [7, 11) is 1.60. The molecule has 1 heterocycles. The van der Waals surface area contributed by atoms with E-state index in [2.05, 4.69) is 22.4 Å². The topological polar surface area (TPSA) is 73.3 Å². The first-order valence-corrected chi connectivity index (χ1v) is 9.10. The van der Waals surface area contributed by atoms with E-state index in [-0.39, 0.29) is 5.91 Å². The zero-order chi connectivity index (χ0) is 18.1. The quantitative estimate of drug-likeness (QED) is 0.541. The lowest BCUT2D eigenvalue weighted by Gasteiger charge is -2.10. The van der Waals surface area contributed by atoms with Crippen molar-refractivity contribution in [2.24, 2.45) is 0 Å². The molecule has 0 fully saturated rings. The van der Waals surface area contributed by atoms with Gasteiger partial charge in [0.25, 0.3) is 0 Å². The van der Waals surface area contributed by atoms with Crippen LogP contribution in [-0.2, 0) is 11.2 Å². The minimum absolute atomic E-state index is 0.249. The maximum atomic E-state index is 12.0. The van der Waals surface area contributed by atoms with Crippen LogP contribution in [0.4, 0.5) is 5.13 Å². The van der Waals surface area contributed by atoms with Crippen molar-refractivity contribution >= 4 is 28.5 Å². The van der Waals surface area contributed by atoms with Crippen LogP contribution in [0.1, 0.15) is 37.3 Å². The van der Waals surface area contributed by atoms with Crippen LogP contribution in [0, 0.1) is 0 Å². The fourth-order valence-electron chi connectivity index (χ4n) is 2.00. The average Bonchev–Trinajstić information content (AvgIpc) is 3.08. The largest absolute Gasteiger partial charge is 0.493 e. The van der Waals surface area contributed by atoms with E-state index in [9.17, 15) is 4.79 Å². The second-order valence-electron chi connectivity index (χ2n) is 5.29. The van der Waals surface area contributed by atoms with E-state index in [1.165, 1.54) is 17.4 Å². The Hall–Kier alpha value is -2.41. The van der Waals surface area contributed by atoms with Crippen molar-refractivity contribution in [3.05, 3.63) is 34.8 Å². The molecule has 0 aliphatic rings. The van der Waals surface area contributed by atoms with Gasteiger partial charge in [0.15, 0.2) is 11.5 Å². The highest BCUT2D eigenvalue weighted by molar-refractivity contribution is 7.15. The van der Waals surface area contributed by atoms with Gasteiger partial charge in [0.05, 0.1) is 13.7 Å². The Morgan fingerprint density at radius 1 is 1.28 bits per heavy atom. The molecule has 6 nitrogen and oxygen atoms in total. The summed E-state index contributed by atoms with van der Waals surface area (Å²) < 4.78 is 11.1. The van der Waals surface area contributed by atoms with E-state index in [0.717, 1.165) is 29.8 Å². The molecule has 1 aromatic heterocycles. The number of rotatable bonds is 9. The summed E-state index contributed by atoms with van der Waals surface area (Å²) in [6.45, 7) is 4.77. The minimum Gasteiger partial charge on any atom is -0.493 e. The number of benzene rings is 1. The van der Waals surface area contributed by atoms with Crippen LogP contribution in [0.15, 0.2) is 24.3 Å². The number of methoxy groups -OCH3 is 1. The zero-order valence-corrected chi connectivity index (χ0v) is 15.6. The van der Waals surface area contributed by atoms with E-state index in [1.54, 1.807) is 13.2 Å². The SMILES string of the molecule is CCCCOc1ccc(/C=C/C(=O)Nc2nnc(CC)s2)cc1OC. The molecule has 0 saturated heterocycles. The van der Waals surface area contributed by atoms with Gasteiger partial charge in [0.1, 0.15) is 5.01 Å². The lowest BCUT2D eigenvalue weighted by Crippen LogP contribution is -2.07. The molecule has 0 aliphatic carbocycles. The Kier molecular flexibility index (Phi) is 7.40. The van der Waals surface area contributed by atoms with Crippen molar-refractivity contribution in [2.45, 2.75) is 33.1 Å². The van der Waals surface area contributed by atoms with Crippen LogP contribution in [0.3, 0.4) is 0 Å². The van der Waals surface area contributed by atoms with Gasteiger partial charge in [-0.25, -0.2) is 0 Å². The molecule has 2 aromatic rings. The third-order valence-electron chi connectivity index (χ3n) is 3.37. The summed E-state index contributed by atoms with van der Waals surface area (Å²) in [4.78, 5) is 12.0. The smallest absolute Gasteiger partial charge is 0.250 e. The molecule has 0 saturated carbocycles. The van der Waals surface area contributed by atoms with E-state index in [0.29, 0.717) is 23.2 Å². The zero-order valence-electron chi connectivity index (χ0n) is 14.7. The molecule has 25 heavy (non-hydrogen) atoms. The van der Waals surface area contributed by atoms with Crippen LogP contribution >= 0.6 is 11.3 Å². The Balaban J connectivity index is 1.98. The summed E-state index contributed by atoms with van der Waals surface area (Å²) in [6.07, 6.45) is 6.05. The molecule has 0 aliphatic heterocycles. The normalized spacial score (nSPS) is 10.8. The van der Waals surface area contributed by atoms with Gasteiger partial charge in [-0.15, -0.1) is 10.2 Å². The molecule has 0 radical (unpaired) electrons. The monoisotopic (exact) mass is 361 g/mol. The molecule has 134 valence electrons. The van der Waals surface area contributed by atoms with Crippen molar-refractivity contribution in [1.82, 2.24) is 10.2 Å². The molecule has 2 rings (SSSR count). The van der Waals surface area contributed by atoms with E-state index < -0.39 is 0 Å². The number of amides is 1. The molecular weight excluding hydrogens is 338 g/mol. The van der Waals surface area contributed by atoms with E-state index in [4.69, 9.17) is 9.47 Å². The van der Waals surface area contributed by atoms with Crippen LogP contribution in [0.5, 0.6) is 11.5 Å². The van der Waals surface area contributed by atoms with Gasteiger partial charge >= 0.3 is 0 Å². The summed E-state index contributed by atoms with van der Waals surface area (Å²) in [5, 5.41) is 12.0. The Bertz CT molecular complexity index is 728. The lowest BCUT2D eigenvalue weighted by molar-refractivity contribution is -0.111. The van der Waals surface area contributed by atoms with Crippen molar-refractivity contribution < 1.29 is 14.3 Å². The second-order valence-corrected chi connectivity index (χ2v) is 6.35. The lowest BCUT2D eigenvalue weighted by atomic mass is 10.2. The fraction of sp³-hybridized carbons (Fsp3) is 0.389. The summed E-state index contributed by atoms with van der Waals surface area (Å²) in [6, 6.07) is 5.57. The van der Waals surface area contributed by atoms with Gasteiger partial charge in [-0.3, -0.25) is 10.1 Å². The van der Waals surface area contributed by atoms with E-state index >= 15 is 0 Å². The maximum Gasteiger partial charge on any atom is 0.250 e. The van der Waals surface area contributed by atoms with Crippen molar-refractivity contribution in [2.75, 3.05) is 19.0 Å². The third-order valence-corrected chi connectivity index (χ3v) is 4.35. The predicted octanol–water partition coefficient (Wildman–Crippen LogP) is 3.94. The number of hydrogen-bond acceptors (Lipinski definition) is 6. The number of unbranched alkanes of at least 4 members (excludes halogenated alkanes) is 1. The van der Waals surface area contributed by atoms with Crippen LogP contribution in [0.2, 0.25) is 0 Å². The number of nitrogens with one attached hydrogen (secondary N) is 1. The molecule has 0 spiro atoms. The molecule has 0 atom stereocenters. The first-order chi connectivity index (χ1) is 12.2. The Morgan fingerprint density at radius 2 is 2.12 bits per heavy atom. The van der Waals surface area contributed by atoms with Gasteiger partial charge in [-0.05, 0) is 36.6 Å². The fourth-order valence-corrected chi connectivity index (χ4v) is 2.68. The van der Waals surface area contributed by atoms with Gasteiger partial charge in [-0.2, -0.15) is 0 Å². The van der Waals surface area contributed by atoms with Crippen molar-refractivity contribution in [3.8, 4) is 11.5 Å². The Morgan fingerprint density at radius 3 is 2.80 bits per heavy atom. The second kappa shape index (κ2) is 9.78. The highest BCUT2D eigenvalue weighted by Crippen LogP contribution is 2.28. The third kappa shape index (κ3) is 5.86. The number of hydrogen-bond donors (Lipinski definition) is 1. The number of anilines is 1. The highest BCUT2D eigenvalue weighted by Gasteiger charge is 2.06.